The molecule has 1 amide bonds. The van der Waals surface area contributed by atoms with E-state index in [4.69, 9.17) is 97.7 Å². The number of aliphatic hydroxyl groups is 3. The third-order valence-corrected chi connectivity index (χ3v) is 18.4. The average molecular weight is 2270 g/mol. The van der Waals surface area contributed by atoms with E-state index < -0.39 is 43.0 Å². The molecular weight excluding hydrogens is 2160 g/mol. The third kappa shape index (κ3) is 55.1. The van der Waals surface area contributed by atoms with Gasteiger partial charge in [-0.2, -0.15) is 4.98 Å². The van der Waals surface area contributed by atoms with Gasteiger partial charge in [-0.25, -0.2) is 43.5 Å². The number of nitrogens with two attached hydrogens (primary N) is 2. The minimum Gasteiger partial charge on any atom is -0.855 e. The van der Waals surface area contributed by atoms with E-state index in [1.807, 2.05) is 71.8 Å². The molecule has 1 aromatic carbocycles. The first kappa shape index (κ1) is 127. The zero-order valence-corrected chi connectivity index (χ0v) is 88.8. The predicted octanol–water partition coefficient (Wildman–Crippen LogP) is 10.7. The quantitative estimate of drug-likeness (QED) is 0.00953. The van der Waals surface area contributed by atoms with Crippen molar-refractivity contribution in [1.82, 2.24) is 62.6 Å². The number of carboxylic acid groups (broad SMARTS) is 1. The predicted molar refractivity (Wildman–Crippen MR) is 520 cm³/mol. The van der Waals surface area contributed by atoms with Crippen molar-refractivity contribution in [3.63, 3.8) is 0 Å². The van der Waals surface area contributed by atoms with E-state index in [1.165, 1.54) is 55.3 Å². The number of esters is 3. The van der Waals surface area contributed by atoms with Crippen LogP contribution in [0.2, 0.25) is 0 Å². The van der Waals surface area contributed by atoms with Crippen LogP contribution >= 0.6 is 136 Å². The van der Waals surface area contributed by atoms with E-state index in [1.54, 1.807) is 145 Å². The monoisotopic (exact) mass is 2260 g/mol. The van der Waals surface area contributed by atoms with Gasteiger partial charge >= 0.3 is 53.4 Å². The number of nitrogens with zero attached hydrogens (tertiary/aromatic N) is 12. The maximum Gasteiger partial charge on any atom is 1.00 e. The maximum absolute atomic E-state index is 12.5. The number of fused-ring (bicyclic) bond motifs is 5. The number of amides is 1. The Hall–Kier alpha value is -6.86. The molecule has 1 unspecified atom stereocenters. The molecule has 2 aliphatic rings. The van der Waals surface area contributed by atoms with Gasteiger partial charge in [-0.3, -0.25) is 36.8 Å². The summed E-state index contributed by atoms with van der Waals surface area (Å²) >= 11 is 32.1. The number of aromatic carboxylic acids is 1. The number of piperazine rings is 1. The number of likely N-dealkylation sites (N-methyl/N-ethyl adjacent to an activating group) is 1. The zero-order valence-electron chi connectivity index (χ0n) is 74.3. The number of aldehydes is 1. The number of alkyl halides is 2. The van der Waals surface area contributed by atoms with E-state index in [2.05, 4.69) is 162 Å². The van der Waals surface area contributed by atoms with Gasteiger partial charge in [-0.1, -0.05) is 24.9 Å². The number of nitrogens with one attached hydrogen (secondary N) is 1. The van der Waals surface area contributed by atoms with Crippen molar-refractivity contribution < 1.29 is 126 Å². The van der Waals surface area contributed by atoms with Gasteiger partial charge < -0.3 is 85.0 Å². The van der Waals surface area contributed by atoms with Crippen molar-refractivity contribution in [2.75, 3.05) is 117 Å². The second-order valence-electron chi connectivity index (χ2n) is 25.7. The topological polar surface area (TPSA) is 482 Å². The van der Waals surface area contributed by atoms with E-state index in [0.717, 1.165) is 73.1 Å². The summed E-state index contributed by atoms with van der Waals surface area (Å²) < 4.78 is 48.0. The second-order valence-corrected chi connectivity index (χ2v) is 33.9. The summed E-state index contributed by atoms with van der Waals surface area (Å²) in [5.74, 6) is -1.83. The number of hydrogen-bond acceptors (Lipinski definition) is 29. The Morgan fingerprint density at radius 1 is 0.615 bits per heavy atom. The Kier molecular flexibility index (Phi) is 72.0. The van der Waals surface area contributed by atoms with Crippen LogP contribution < -0.4 is 56.9 Å². The third-order valence-electron chi connectivity index (χ3n) is 15.4. The number of ether oxygens (including phenoxy) is 5. The minimum absolute atomic E-state index is 0. The number of aromatic nitrogens is 10. The summed E-state index contributed by atoms with van der Waals surface area (Å²) in [6, 6.07) is 23.7. The van der Waals surface area contributed by atoms with E-state index in [0.29, 0.717) is 83.3 Å². The molecule has 0 spiro atoms. The smallest absolute Gasteiger partial charge is 0.855 e. The molecule has 12 heterocycles. The first-order valence-corrected chi connectivity index (χ1v) is 47.1. The number of benzene rings is 1. The van der Waals surface area contributed by atoms with Gasteiger partial charge in [0.15, 0.2) is 22.3 Å². The summed E-state index contributed by atoms with van der Waals surface area (Å²) in [6.45, 7) is 30.2. The molecule has 712 valence electrons. The molecule has 2 radical (unpaired) electrons. The molecule has 2 fully saturated rings. The number of pyridine rings is 5. The Bertz CT molecular complexity index is 4950. The van der Waals surface area contributed by atoms with E-state index in [9.17, 15) is 38.4 Å². The van der Waals surface area contributed by atoms with Crippen LogP contribution in [0.3, 0.4) is 0 Å². The number of imidazole rings is 4. The van der Waals surface area contributed by atoms with Crippen LogP contribution in [0.25, 0.3) is 33.7 Å². The van der Waals surface area contributed by atoms with Gasteiger partial charge in [0.1, 0.15) is 65.3 Å². The molecule has 1 atom stereocenters. The van der Waals surface area contributed by atoms with Gasteiger partial charge in [-0.05, 0) is 273 Å². The van der Waals surface area contributed by atoms with Crippen LogP contribution in [-0.4, -0.2) is 259 Å². The number of halogens is 10. The normalized spacial score (nSPS) is 11.7. The molecule has 0 bridgehead atoms. The number of piperidine rings is 1. The Balaban J connectivity index is -0.00000136. The SMILES string of the molecule is C1CCNCC1.CC(C)(O)C(C)(C)O.CCO.CCOC(=O)C(Cl)C=O.CCOC(=O)CCl.CCOC(=O)c1cnc2ccc(Br)cn12.CCOC=O.CCOCC.CC[O-].CN1CCN(C(=O)c2cnc3ccc(Br)cn23)CC1.Nc1ccc(Br)cn1.O=C(Cl)c1cnc2ccc(Br)cn12.O=C(O)c1cnc2ccc(Br)cn12.O=S(Cl)Cl.[B]c1ccc2oc(N)nc2c1.[Na+]. The van der Waals surface area contributed by atoms with Crippen molar-refractivity contribution in [3.8, 4) is 0 Å². The number of carbonyl (C=O) groups excluding carboxylic acids is 7. The Labute approximate surface area is 847 Å². The molecule has 0 saturated carbocycles. The maximum atomic E-state index is 12.5. The van der Waals surface area contributed by atoms with Gasteiger partial charge in [0.05, 0.1) is 62.4 Å². The molecule has 2 aliphatic heterocycles. The molecule has 2 saturated heterocycles. The minimum atomic E-state index is -1.67. The van der Waals surface area contributed by atoms with E-state index >= 15 is 0 Å². The second kappa shape index (κ2) is 73.5. The van der Waals surface area contributed by atoms with Crippen LogP contribution in [0.1, 0.15) is 144 Å². The molecule has 9 N–H and O–H groups in total. The van der Waals surface area contributed by atoms with Gasteiger partial charge in [0.25, 0.3) is 23.6 Å². The summed E-state index contributed by atoms with van der Waals surface area (Å²) in [5, 5.41) is 45.1. The summed E-state index contributed by atoms with van der Waals surface area (Å²) in [5.41, 5.74) is 15.1. The summed E-state index contributed by atoms with van der Waals surface area (Å²) in [4.78, 5) is 113. The number of carbonyl (C=O) groups is 8. The van der Waals surface area contributed by atoms with Crippen molar-refractivity contribution in [2.24, 2.45) is 0 Å². The number of oxazole rings is 1. The van der Waals surface area contributed by atoms with Crippen LogP contribution in [0.5, 0.6) is 0 Å². The van der Waals surface area contributed by atoms with Crippen molar-refractivity contribution in [2.45, 2.75) is 119 Å². The molecule has 10 aromatic heterocycles. The molecule has 11 aromatic rings. The first-order valence-electron chi connectivity index (χ1n) is 39.0. The molecule has 13 rings (SSSR count). The van der Waals surface area contributed by atoms with Crippen molar-refractivity contribution in [1.29, 1.82) is 0 Å². The van der Waals surface area contributed by atoms with Gasteiger partial charge in [0, 0.05) is 121 Å². The molecule has 0 aliphatic carbocycles. The largest absolute Gasteiger partial charge is 1.00 e. The van der Waals surface area contributed by atoms with Gasteiger partial charge in [0.2, 0.25) is 9.23 Å². The summed E-state index contributed by atoms with van der Waals surface area (Å²) in [6.07, 6.45) is 19.3. The molecular formula is C82H109BBr5Cl5N15NaO20S. The molecule has 130 heavy (non-hydrogen) atoms. The van der Waals surface area contributed by atoms with Crippen LogP contribution in [0.15, 0.2) is 161 Å². The number of anilines is 2. The van der Waals surface area contributed by atoms with Crippen LogP contribution in [0, 0.1) is 0 Å². The zero-order chi connectivity index (χ0) is 98.4. The Morgan fingerprint density at radius 2 is 1.02 bits per heavy atom. The summed E-state index contributed by atoms with van der Waals surface area (Å²) in [7, 11) is 14.9. The number of rotatable bonds is 15. The standard InChI is InChI=1S/C13H15BrN4O.C10H9BrN2O2.C8H4BrClN2O.C8H5BrN2O2.C7H5BN2O.C6H14O2.C5H5BrN2.C5H7ClO3.C5H11N.C4H7ClO2.C4H10O.C3H6O2.C2H6O.C2H5O.Cl2OS.Na/c1-16-4-6-17(7-5-16)13(19)11-8-15-12-3-2-10(14)9-18(11)12;1-2-15-10(14)8-5-12-9-4-3-7(11)6-13(8)9;9-5-1-2-7-11-3-6(8(10)13)12(7)4-5;9-5-1-2-7-10-3-6(8(12)13)11(7)4-5;8-4-1-2-6-5(3-4)10-7(9)11-6;1-5(2,7)6(3,4)8;6-4-1-2-5(7)8-3-4;1-2-9-5(8)4(6)3-7;1-2-4-6-5-3-1;1-2-7-4(6)3-5;1-3-5-4-2;1-2-5-3-4;2*1-2-3;1-4(2)3;/h2-3,8-9H,4-7H2,1H3;3-6H,2H2,1H3;1-4H;1-4H,(H,12,13);1-3H,(H2,9,10);7-8H,1-4H3;1-3H,(H2,7,8);3-4H,2H2,1H3;6H,1-5H2;2-3H2,1H3;3-4H2,1-2H3;3H,2H2,1H3;3H,2H2,1H3;2H2,1H3;;/q;;;;;;;;;;;;;-1;;+1. The Morgan fingerprint density at radius 3 is 1.35 bits per heavy atom. The first-order chi connectivity index (χ1) is 60.9. The van der Waals surface area contributed by atoms with Crippen LogP contribution in [-0.2, 0) is 52.1 Å². The number of aliphatic hydroxyl groups excluding tert-OH is 1. The fourth-order valence-corrected chi connectivity index (χ4v) is 10.6. The molecule has 48 heteroatoms. The van der Waals surface area contributed by atoms with E-state index in [-0.39, 0.29) is 84.8 Å². The molecule has 35 nitrogen and oxygen atoms in total. The number of hydrogen-bond donors (Lipinski definition) is 7. The number of carboxylic acids is 1. The van der Waals surface area contributed by atoms with Gasteiger partial charge in [-0.15, -0.1) is 29.8 Å². The fraction of sp³-hybridized carbons (Fsp3) is 0.415. The average Bonchev–Trinajstić information content (AvgIpc) is 1.64. The van der Waals surface area contributed by atoms with Crippen LogP contribution in [0.4, 0.5) is 11.8 Å². The van der Waals surface area contributed by atoms with Crippen molar-refractivity contribution >= 4 is 252 Å². The fourth-order valence-electron chi connectivity index (χ4n) is 8.71. The number of nitrogen functional groups attached to an aromatic ring is 2. The van der Waals surface area contributed by atoms with Crippen molar-refractivity contribution in [3.05, 3.63) is 180 Å².